The number of benzene rings is 2. The van der Waals surface area contributed by atoms with Gasteiger partial charge in [-0.3, -0.25) is 9.69 Å². The molecule has 1 saturated heterocycles. The molecule has 0 saturated carbocycles. The molecule has 0 amide bonds. The lowest BCUT2D eigenvalue weighted by molar-refractivity contribution is -0.143. The second-order valence-electron chi connectivity index (χ2n) is 9.44. The number of nitrogens with zero attached hydrogens (tertiary/aromatic N) is 2. The van der Waals surface area contributed by atoms with Gasteiger partial charge in [-0.15, -0.1) is 0 Å². The van der Waals surface area contributed by atoms with Crippen molar-refractivity contribution in [2.75, 3.05) is 52.9 Å². The topological polar surface area (TPSA) is 115 Å². The van der Waals surface area contributed by atoms with Crippen molar-refractivity contribution < 1.29 is 37.3 Å². The number of hydrogen-bond acceptors (Lipinski definition) is 8. The van der Waals surface area contributed by atoms with Crippen LogP contribution in [0.5, 0.6) is 23.0 Å². The number of sulfonamides is 1. The van der Waals surface area contributed by atoms with Gasteiger partial charge in [0, 0.05) is 38.1 Å². The summed E-state index contributed by atoms with van der Waals surface area (Å²) in [5.74, 6) is 0.205. The Balaban J connectivity index is 1.74. The Morgan fingerprint density at radius 3 is 2.39 bits per heavy atom. The molecule has 0 unspecified atom stereocenters. The third-order valence-corrected chi connectivity index (χ3v) is 9.21. The van der Waals surface area contributed by atoms with Crippen molar-refractivity contribution in [3.63, 3.8) is 0 Å². The standard InChI is InChI=1S/C27H36N2O8S/c1-5-11-29(38(32,33)6-2)13-12-28-16-20(18-7-10-22-24(14-18)37-17-36-22)25(27(30)31)26(28)19-8-9-21(34-3)23(15-19)35-4/h7-10,14-15,20,25-26H,5-6,11-13,16-17H2,1-4H3,(H,30,31)/t20-,25-,26+/m0/s1. The molecule has 2 aromatic carbocycles. The van der Waals surface area contributed by atoms with Crippen molar-refractivity contribution in [1.29, 1.82) is 0 Å². The first-order valence-corrected chi connectivity index (χ1v) is 14.4. The van der Waals surface area contributed by atoms with E-state index in [2.05, 4.69) is 4.90 Å². The Morgan fingerprint density at radius 2 is 1.74 bits per heavy atom. The molecule has 2 heterocycles. The highest BCUT2D eigenvalue weighted by Gasteiger charge is 2.48. The molecule has 0 radical (unpaired) electrons. The minimum atomic E-state index is -3.39. The Bertz CT molecular complexity index is 1250. The van der Waals surface area contributed by atoms with E-state index in [0.29, 0.717) is 49.1 Å². The summed E-state index contributed by atoms with van der Waals surface area (Å²) in [5.41, 5.74) is 1.60. The molecule has 10 nitrogen and oxygen atoms in total. The molecule has 2 aliphatic rings. The second kappa shape index (κ2) is 11.8. The predicted molar refractivity (Wildman–Crippen MR) is 142 cm³/mol. The van der Waals surface area contributed by atoms with E-state index >= 15 is 0 Å². The lowest BCUT2D eigenvalue weighted by Gasteiger charge is -2.30. The molecule has 3 atom stereocenters. The Kier molecular flexibility index (Phi) is 8.69. The van der Waals surface area contributed by atoms with Gasteiger partial charge in [0.25, 0.3) is 0 Å². The largest absolute Gasteiger partial charge is 0.493 e. The van der Waals surface area contributed by atoms with Crippen LogP contribution in [0.4, 0.5) is 0 Å². The molecule has 208 valence electrons. The number of carbonyl (C=O) groups is 1. The summed E-state index contributed by atoms with van der Waals surface area (Å²) < 4.78 is 48.8. The van der Waals surface area contributed by atoms with Gasteiger partial charge in [0.15, 0.2) is 23.0 Å². The van der Waals surface area contributed by atoms with Gasteiger partial charge in [-0.25, -0.2) is 12.7 Å². The maximum atomic E-state index is 12.8. The molecule has 2 aliphatic heterocycles. The van der Waals surface area contributed by atoms with Crippen molar-refractivity contribution in [1.82, 2.24) is 9.21 Å². The number of aliphatic carboxylic acids is 1. The molecular formula is C27H36N2O8S. The van der Waals surface area contributed by atoms with Crippen LogP contribution in [0, 0.1) is 5.92 Å². The minimum Gasteiger partial charge on any atom is -0.493 e. The van der Waals surface area contributed by atoms with Gasteiger partial charge >= 0.3 is 5.97 Å². The summed E-state index contributed by atoms with van der Waals surface area (Å²) in [6, 6.07) is 10.4. The summed E-state index contributed by atoms with van der Waals surface area (Å²) in [5, 5.41) is 10.5. The summed E-state index contributed by atoms with van der Waals surface area (Å²) in [6.45, 7) is 5.20. The zero-order valence-electron chi connectivity index (χ0n) is 22.3. The Labute approximate surface area is 224 Å². The molecule has 11 heteroatoms. The quantitative estimate of drug-likeness (QED) is 0.426. The third kappa shape index (κ3) is 5.55. The van der Waals surface area contributed by atoms with Gasteiger partial charge in [-0.05, 0) is 48.7 Å². The number of fused-ring (bicyclic) bond motifs is 1. The van der Waals surface area contributed by atoms with Gasteiger partial charge < -0.3 is 24.1 Å². The molecule has 1 fully saturated rings. The number of carboxylic acids is 1. The lowest BCUT2D eigenvalue weighted by atomic mass is 9.82. The maximum absolute atomic E-state index is 12.8. The van der Waals surface area contributed by atoms with Gasteiger partial charge in [0.1, 0.15) is 0 Å². The molecule has 0 aliphatic carbocycles. The van der Waals surface area contributed by atoms with Crippen molar-refractivity contribution in [2.45, 2.75) is 32.2 Å². The van der Waals surface area contributed by atoms with E-state index in [1.165, 1.54) is 11.4 Å². The normalized spacial score (nSPS) is 21.1. The molecule has 0 bridgehead atoms. The third-order valence-electron chi connectivity index (χ3n) is 7.33. The number of rotatable bonds is 12. The van der Waals surface area contributed by atoms with E-state index in [1.54, 1.807) is 26.2 Å². The number of likely N-dealkylation sites (tertiary alicyclic amines) is 1. The van der Waals surface area contributed by atoms with Crippen LogP contribution in [-0.4, -0.2) is 81.6 Å². The van der Waals surface area contributed by atoms with Crippen molar-refractivity contribution in [3.05, 3.63) is 47.5 Å². The van der Waals surface area contributed by atoms with Crippen molar-refractivity contribution in [2.24, 2.45) is 5.92 Å². The highest BCUT2D eigenvalue weighted by atomic mass is 32.2. The van der Waals surface area contributed by atoms with Crippen molar-refractivity contribution >= 4 is 16.0 Å². The van der Waals surface area contributed by atoms with E-state index in [4.69, 9.17) is 18.9 Å². The summed E-state index contributed by atoms with van der Waals surface area (Å²) in [4.78, 5) is 14.9. The molecule has 1 N–H and O–H groups in total. The molecular weight excluding hydrogens is 512 g/mol. The first-order chi connectivity index (χ1) is 18.2. The van der Waals surface area contributed by atoms with E-state index in [1.807, 2.05) is 31.2 Å². The van der Waals surface area contributed by atoms with Gasteiger partial charge in [-0.2, -0.15) is 0 Å². The summed E-state index contributed by atoms with van der Waals surface area (Å²) in [6.07, 6.45) is 0.690. The zero-order valence-corrected chi connectivity index (χ0v) is 23.1. The Morgan fingerprint density at radius 1 is 1.03 bits per heavy atom. The number of carboxylic acid groups (broad SMARTS) is 1. The van der Waals surface area contributed by atoms with Gasteiger partial charge in [0.05, 0.1) is 25.9 Å². The van der Waals surface area contributed by atoms with Crippen molar-refractivity contribution in [3.8, 4) is 23.0 Å². The summed E-state index contributed by atoms with van der Waals surface area (Å²) in [7, 11) is -0.310. The number of ether oxygens (including phenoxy) is 4. The highest BCUT2D eigenvalue weighted by Crippen LogP contribution is 2.48. The number of hydrogen-bond donors (Lipinski definition) is 1. The summed E-state index contributed by atoms with van der Waals surface area (Å²) >= 11 is 0. The van der Waals surface area contributed by atoms with E-state index < -0.39 is 28.0 Å². The molecule has 4 rings (SSSR count). The highest BCUT2D eigenvalue weighted by molar-refractivity contribution is 7.89. The fourth-order valence-corrected chi connectivity index (χ4v) is 6.62. The molecule has 38 heavy (non-hydrogen) atoms. The lowest BCUT2D eigenvalue weighted by Crippen LogP contribution is -2.40. The van der Waals surface area contributed by atoms with E-state index in [0.717, 1.165) is 11.1 Å². The van der Waals surface area contributed by atoms with Crippen LogP contribution in [0.15, 0.2) is 36.4 Å². The van der Waals surface area contributed by atoms with Crippen LogP contribution in [0.3, 0.4) is 0 Å². The minimum absolute atomic E-state index is 0.0175. The zero-order chi connectivity index (χ0) is 27.4. The van der Waals surface area contributed by atoms with E-state index in [9.17, 15) is 18.3 Å². The first-order valence-electron chi connectivity index (χ1n) is 12.8. The first kappa shape index (κ1) is 28.0. The molecule has 0 spiro atoms. The van der Waals surface area contributed by atoms with Crippen LogP contribution in [0.25, 0.3) is 0 Å². The van der Waals surface area contributed by atoms with Crippen LogP contribution >= 0.6 is 0 Å². The maximum Gasteiger partial charge on any atom is 0.309 e. The van der Waals surface area contributed by atoms with Crippen LogP contribution in [0.1, 0.15) is 43.4 Å². The SMILES string of the molecule is CCCN(CCN1C[C@@H](c2ccc3c(c2)OCO3)[C@H](C(=O)O)[C@H]1c1ccc(OC)c(OC)c1)S(=O)(=O)CC. The van der Waals surface area contributed by atoms with E-state index in [-0.39, 0.29) is 25.0 Å². The van der Waals surface area contributed by atoms with Gasteiger partial charge in [0.2, 0.25) is 16.8 Å². The monoisotopic (exact) mass is 548 g/mol. The Hall–Kier alpha value is -3.02. The smallest absolute Gasteiger partial charge is 0.309 e. The van der Waals surface area contributed by atoms with Crippen LogP contribution < -0.4 is 18.9 Å². The van der Waals surface area contributed by atoms with Crippen LogP contribution in [-0.2, 0) is 14.8 Å². The average molecular weight is 549 g/mol. The fourth-order valence-electron chi connectivity index (χ4n) is 5.44. The second-order valence-corrected chi connectivity index (χ2v) is 11.7. The molecule has 2 aromatic rings. The van der Waals surface area contributed by atoms with Crippen LogP contribution in [0.2, 0.25) is 0 Å². The fraction of sp³-hybridized carbons (Fsp3) is 0.519. The number of methoxy groups -OCH3 is 2. The predicted octanol–water partition coefficient (Wildman–Crippen LogP) is 3.34. The average Bonchev–Trinajstić information content (AvgIpc) is 3.54. The molecule has 0 aromatic heterocycles. The van der Waals surface area contributed by atoms with Gasteiger partial charge in [-0.1, -0.05) is 19.1 Å².